The van der Waals surface area contributed by atoms with Crippen molar-refractivity contribution in [2.75, 3.05) is 0 Å². The molecule has 1 saturated heterocycles. The standard InChI is InChI=1S/C16H19N3O2S2/c1-9-10(2)23-16(17-9)13(7-11-5-6-22-8-11)19-15(21)12-3-4-14(20)18-12/h5-6,8,12-13H,3-4,7H2,1-2H3,(H,18,20)(H,19,21). The Morgan fingerprint density at radius 1 is 1.52 bits per heavy atom. The van der Waals surface area contributed by atoms with Crippen molar-refractivity contribution in [3.63, 3.8) is 0 Å². The zero-order valence-electron chi connectivity index (χ0n) is 13.1. The average Bonchev–Trinajstić information content (AvgIpc) is 3.22. The molecule has 1 aliphatic heterocycles. The van der Waals surface area contributed by atoms with Gasteiger partial charge in [-0.05, 0) is 42.7 Å². The maximum Gasteiger partial charge on any atom is 0.243 e. The molecule has 2 atom stereocenters. The number of carbonyl (C=O) groups is 2. The number of thiazole rings is 1. The molecular formula is C16H19N3O2S2. The fourth-order valence-corrected chi connectivity index (χ4v) is 4.23. The van der Waals surface area contributed by atoms with E-state index in [1.165, 1.54) is 10.4 Å². The first-order valence-corrected chi connectivity index (χ1v) is 9.33. The smallest absolute Gasteiger partial charge is 0.243 e. The first-order chi connectivity index (χ1) is 11.0. The Hall–Kier alpha value is -1.73. The highest BCUT2D eigenvalue weighted by atomic mass is 32.1. The van der Waals surface area contributed by atoms with Crippen LogP contribution in [-0.4, -0.2) is 22.8 Å². The molecule has 0 bridgehead atoms. The van der Waals surface area contributed by atoms with Gasteiger partial charge in [-0.25, -0.2) is 4.98 Å². The molecule has 0 aliphatic carbocycles. The lowest BCUT2D eigenvalue weighted by molar-refractivity contribution is -0.126. The van der Waals surface area contributed by atoms with E-state index in [-0.39, 0.29) is 17.9 Å². The van der Waals surface area contributed by atoms with Gasteiger partial charge in [0.2, 0.25) is 11.8 Å². The van der Waals surface area contributed by atoms with Gasteiger partial charge in [0.05, 0.1) is 11.7 Å². The van der Waals surface area contributed by atoms with Crippen molar-refractivity contribution >= 4 is 34.5 Å². The summed E-state index contributed by atoms with van der Waals surface area (Å²) in [6, 6.07) is 1.48. The Bertz CT molecular complexity index is 689. The van der Waals surface area contributed by atoms with Crippen molar-refractivity contribution in [2.45, 2.75) is 45.2 Å². The molecule has 7 heteroatoms. The number of aryl methyl sites for hydroxylation is 2. The molecule has 2 unspecified atom stereocenters. The van der Waals surface area contributed by atoms with E-state index in [9.17, 15) is 9.59 Å². The number of hydrogen-bond donors (Lipinski definition) is 2. The Balaban J connectivity index is 1.77. The molecule has 5 nitrogen and oxygen atoms in total. The first-order valence-electron chi connectivity index (χ1n) is 7.57. The zero-order valence-corrected chi connectivity index (χ0v) is 14.7. The summed E-state index contributed by atoms with van der Waals surface area (Å²) < 4.78 is 0. The van der Waals surface area contributed by atoms with Crippen LogP contribution in [0.2, 0.25) is 0 Å². The van der Waals surface area contributed by atoms with Crippen LogP contribution < -0.4 is 10.6 Å². The van der Waals surface area contributed by atoms with Gasteiger partial charge in [-0.2, -0.15) is 11.3 Å². The second-order valence-corrected chi connectivity index (χ2v) is 7.76. The maximum absolute atomic E-state index is 12.4. The minimum atomic E-state index is -0.422. The van der Waals surface area contributed by atoms with Crippen LogP contribution in [0.1, 0.15) is 40.0 Å². The third-order valence-corrected chi connectivity index (χ3v) is 5.91. The molecule has 0 aromatic carbocycles. The third kappa shape index (κ3) is 3.79. The highest BCUT2D eigenvalue weighted by Gasteiger charge is 2.29. The van der Waals surface area contributed by atoms with E-state index in [2.05, 4.69) is 27.1 Å². The lowest BCUT2D eigenvalue weighted by atomic mass is 10.1. The lowest BCUT2D eigenvalue weighted by Crippen LogP contribution is -2.43. The number of rotatable bonds is 5. The van der Waals surface area contributed by atoms with Crippen LogP contribution in [0.15, 0.2) is 16.8 Å². The second-order valence-electron chi connectivity index (χ2n) is 5.75. The summed E-state index contributed by atoms with van der Waals surface area (Å²) in [5.41, 5.74) is 2.19. The summed E-state index contributed by atoms with van der Waals surface area (Å²) in [4.78, 5) is 29.5. The highest BCUT2D eigenvalue weighted by Crippen LogP contribution is 2.26. The van der Waals surface area contributed by atoms with Gasteiger partial charge in [0, 0.05) is 17.7 Å². The van der Waals surface area contributed by atoms with Gasteiger partial charge in [-0.3, -0.25) is 9.59 Å². The Kier molecular flexibility index (Phi) is 4.77. The minimum absolute atomic E-state index is 0.0551. The van der Waals surface area contributed by atoms with E-state index in [1.807, 2.05) is 19.2 Å². The number of amides is 2. The summed E-state index contributed by atoms with van der Waals surface area (Å²) in [6.07, 6.45) is 1.69. The van der Waals surface area contributed by atoms with Gasteiger partial charge in [0.25, 0.3) is 0 Å². The monoisotopic (exact) mass is 349 g/mol. The Labute approximate surface area is 143 Å². The van der Waals surface area contributed by atoms with E-state index in [0.29, 0.717) is 19.3 Å². The summed E-state index contributed by atoms with van der Waals surface area (Å²) in [5.74, 6) is -0.179. The molecule has 0 spiro atoms. The van der Waals surface area contributed by atoms with E-state index in [1.54, 1.807) is 22.7 Å². The normalized spacial score (nSPS) is 18.7. The maximum atomic E-state index is 12.4. The van der Waals surface area contributed by atoms with Crippen LogP contribution in [0, 0.1) is 13.8 Å². The van der Waals surface area contributed by atoms with Crippen molar-refractivity contribution < 1.29 is 9.59 Å². The van der Waals surface area contributed by atoms with Crippen LogP contribution in [-0.2, 0) is 16.0 Å². The molecule has 23 heavy (non-hydrogen) atoms. The van der Waals surface area contributed by atoms with E-state index < -0.39 is 6.04 Å². The van der Waals surface area contributed by atoms with Gasteiger partial charge in [0.15, 0.2) is 0 Å². The fourth-order valence-electron chi connectivity index (χ4n) is 2.57. The van der Waals surface area contributed by atoms with Gasteiger partial charge >= 0.3 is 0 Å². The van der Waals surface area contributed by atoms with E-state index >= 15 is 0 Å². The van der Waals surface area contributed by atoms with E-state index in [4.69, 9.17) is 0 Å². The second kappa shape index (κ2) is 6.80. The summed E-state index contributed by atoms with van der Waals surface area (Å²) in [6.45, 7) is 4.02. The summed E-state index contributed by atoms with van der Waals surface area (Å²) in [5, 5.41) is 10.8. The number of carbonyl (C=O) groups excluding carboxylic acids is 2. The quantitative estimate of drug-likeness (QED) is 0.871. The summed E-state index contributed by atoms with van der Waals surface area (Å²) >= 11 is 3.26. The van der Waals surface area contributed by atoms with Gasteiger partial charge in [0.1, 0.15) is 11.0 Å². The predicted octanol–water partition coefficient (Wildman–Crippen LogP) is 2.50. The van der Waals surface area contributed by atoms with Gasteiger partial charge in [-0.15, -0.1) is 11.3 Å². The number of thiophene rings is 1. The molecule has 1 aliphatic rings. The van der Waals surface area contributed by atoms with Crippen LogP contribution in [0.4, 0.5) is 0 Å². The average molecular weight is 349 g/mol. The summed E-state index contributed by atoms with van der Waals surface area (Å²) in [7, 11) is 0. The van der Waals surface area contributed by atoms with Crippen molar-refractivity contribution in [1.82, 2.24) is 15.6 Å². The Morgan fingerprint density at radius 2 is 2.35 bits per heavy atom. The van der Waals surface area contributed by atoms with Crippen molar-refractivity contribution in [1.29, 1.82) is 0 Å². The van der Waals surface area contributed by atoms with Gasteiger partial charge < -0.3 is 10.6 Å². The van der Waals surface area contributed by atoms with Crippen LogP contribution in [0.3, 0.4) is 0 Å². The number of aromatic nitrogens is 1. The highest BCUT2D eigenvalue weighted by molar-refractivity contribution is 7.11. The molecule has 3 heterocycles. The van der Waals surface area contributed by atoms with Crippen LogP contribution in [0.5, 0.6) is 0 Å². The molecule has 0 radical (unpaired) electrons. The number of nitrogens with one attached hydrogen (secondary N) is 2. The molecule has 1 fully saturated rings. The SMILES string of the molecule is Cc1nc(C(Cc2ccsc2)NC(=O)C2CCC(=O)N2)sc1C. The van der Waals surface area contributed by atoms with Crippen molar-refractivity contribution in [2.24, 2.45) is 0 Å². The van der Waals surface area contributed by atoms with Crippen LogP contribution >= 0.6 is 22.7 Å². The van der Waals surface area contributed by atoms with E-state index in [0.717, 1.165) is 10.7 Å². The number of nitrogens with zero attached hydrogens (tertiary/aromatic N) is 1. The lowest BCUT2D eigenvalue weighted by Gasteiger charge is -2.19. The van der Waals surface area contributed by atoms with Crippen molar-refractivity contribution in [3.05, 3.63) is 38.0 Å². The molecule has 0 saturated carbocycles. The molecule has 2 N–H and O–H groups in total. The molecular weight excluding hydrogens is 330 g/mol. The zero-order chi connectivity index (χ0) is 16.4. The topological polar surface area (TPSA) is 71.1 Å². The van der Waals surface area contributed by atoms with Gasteiger partial charge in [-0.1, -0.05) is 0 Å². The van der Waals surface area contributed by atoms with Crippen LogP contribution in [0.25, 0.3) is 0 Å². The minimum Gasteiger partial charge on any atom is -0.345 e. The number of hydrogen-bond acceptors (Lipinski definition) is 5. The Morgan fingerprint density at radius 3 is 2.91 bits per heavy atom. The largest absolute Gasteiger partial charge is 0.345 e. The predicted molar refractivity (Wildman–Crippen MR) is 91.7 cm³/mol. The first kappa shape index (κ1) is 16.1. The molecule has 122 valence electrons. The third-order valence-electron chi connectivity index (χ3n) is 3.99. The molecule has 2 aromatic heterocycles. The molecule has 2 amide bonds. The molecule has 3 rings (SSSR count). The molecule has 2 aromatic rings. The fraction of sp³-hybridized carbons (Fsp3) is 0.438. The van der Waals surface area contributed by atoms with Crippen molar-refractivity contribution in [3.8, 4) is 0 Å².